The normalized spacial score (nSPS) is 18.1. The summed E-state index contributed by atoms with van der Waals surface area (Å²) in [5.41, 5.74) is 1.92. The summed E-state index contributed by atoms with van der Waals surface area (Å²) in [5, 5.41) is 3.26. The number of carbonyl (C=O) groups excluding carboxylic acids is 1. The Morgan fingerprint density at radius 1 is 1.56 bits per heavy atom. The first-order valence-corrected chi connectivity index (χ1v) is 6.24. The van der Waals surface area contributed by atoms with Gasteiger partial charge in [-0.25, -0.2) is 4.98 Å². The Hall–Kier alpha value is -1.55. The van der Waals surface area contributed by atoms with Crippen molar-refractivity contribution in [1.82, 2.24) is 4.98 Å². The molecule has 1 amide bonds. The van der Waals surface area contributed by atoms with Crippen LogP contribution in [0.25, 0.3) is 0 Å². The van der Waals surface area contributed by atoms with Crippen LogP contribution in [-0.4, -0.2) is 23.5 Å². The van der Waals surface area contributed by atoms with Gasteiger partial charge in [-0.3, -0.25) is 4.79 Å². The molecule has 18 heavy (non-hydrogen) atoms. The van der Waals surface area contributed by atoms with Gasteiger partial charge in [-0.15, -0.1) is 0 Å². The summed E-state index contributed by atoms with van der Waals surface area (Å²) >= 11 is 5.92. The van der Waals surface area contributed by atoms with Gasteiger partial charge in [0, 0.05) is 6.54 Å². The van der Waals surface area contributed by atoms with Crippen LogP contribution in [0.15, 0.2) is 23.8 Å². The molecule has 1 atom stereocenters. The highest BCUT2D eigenvalue weighted by Crippen LogP contribution is 2.31. The number of hydrogen-bond acceptors (Lipinski definition) is 3. The minimum absolute atomic E-state index is 0.0196. The average molecular weight is 266 g/mol. The lowest BCUT2D eigenvalue weighted by atomic mass is 10.1. The highest BCUT2D eigenvalue weighted by Gasteiger charge is 2.29. The third kappa shape index (κ3) is 2.48. The Morgan fingerprint density at radius 2 is 2.28 bits per heavy atom. The van der Waals surface area contributed by atoms with Crippen molar-refractivity contribution in [3.05, 3.63) is 28.9 Å². The van der Waals surface area contributed by atoms with Crippen molar-refractivity contribution in [2.75, 3.05) is 16.8 Å². The number of carbonyl (C=O) groups is 1. The molecule has 0 aliphatic carbocycles. The second-order valence-corrected chi connectivity index (χ2v) is 4.99. The molecule has 2 heterocycles. The van der Waals surface area contributed by atoms with Crippen LogP contribution in [0.2, 0.25) is 5.15 Å². The zero-order valence-electron chi connectivity index (χ0n) is 10.7. The lowest BCUT2D eigenvalue weighted by Crippen LogP contribution is -2.46. The lowest BCUT2D eigenvalue weighted by Gasteiger charge is -2.34. The van der Waals surface area contributed by atoms with Crippen LogP contribution in [0.4, 0.5) is 11.5 Å². The molecular weight excluding hydrogens is 250 g/mol. The molecule has 96 valence electrons. The first-order valence-electron chi connectivity index (χ1n) is 5.86. The van der Waals surface area contributed by atoms with Crippen LogP contribution < -0.4 is 10.2 Å². The topological polar surface area (TPSA) is 45.2 Å². The Balaban J connectivity index is 2.40. The number of halogens is 1. The van der Waals surface area contributed by atoms with E-state index in [4.69, 9.17) is 11.6 Å². The maximum atomic E-state index is 11.9. The van der Waals surface area contributed by atoms with Crippen LogP contribution in [0, 0.1) is 0 Å². The van der Waals surface area contributed by atoms with Gasteiger partial charge in [0.15, 0.2) is 5.82 Å². The number of pyridine rings is 1. The summed E-state index contributed by atoms with van der Waals surface area (Å²) in [4.78, 5) is 18.1. The fourth-order valence-corrected chi connectivity index (χ4v) is 1.97. The smallest absolute Gasteiger partial charge is 0.246 e. The SMILES string of the molecule is CC(C)=CCN1c2nc(Cl)ccc2NC(=O)[C@@H]1C. The number of nitrogens with one attached hydrogen (secondary N) is 1. The minimum atomic E-state index is -0.251. The molecule has 2 rings (SSSR count). The first kappa shape index (κ1) is 12.9. The third-order valence-electron chi connectivity index (χ3n) is 2.91. The molecule has 1 N–H and O–H groups in total. The quantitative estimate of drug-likeness (QED) is 0.661. The zero-order chi connectivity index (χ0) is 13.3. The Labute approximate surface area is 112 Å². The molecular formula is C13H16ClN3O. The molecule has 0 radical (unpaired) electrons. The average Bonchev–Trinajstić information content (AvgIpc) is 2.30. The van der Waals surface area contributed by atoms with Gasteiger partial charge in [0.25, 0.3) is 0 Å². The van der Waals surface area contributed by atoms with E-state index in [0.29, 0.717) is 17.4 Å². The standard InChI is InChI=1S/C13H16ClN3O/c1-8(2)6-7-17-9(3)13(18)15-10-4-5-11(14)16-12(10)17/h4-6,9H,7H2,1-3H3,(H,15,18)/t9-/m0/s1. The van der Waals surface area contributed by atoms with E-state index in [9.17, 15) is 4.79 Å². The van der Waals surface area contributed by atoms with E-state index >= 15 is 0 Å². The number of nitrogens with zero attached hydrogens (tertiary/aromatic N) is 2. The number of allylic oxidation sites excluding steroid dienone is 1. The molecule has 1 aliphatic rings. The van der Waals surface area contributed by atoms with Crippen molar-refractivity contribution >= 4 is 29.0 Å². The molecule has 1 aromatic heterocycles. The summed E-state index contributed by atoms with van der Waals surface area (Å²) in [6.07, 6.45) is 2.07. The van der Waals surface area contributed by atoms with Crippen molar-refractivity contribution in [2.24, 2.45) is 0 Å². The molecule has 1 aromatic rings. The van der Waals surface area contributed by atoms with Gasteiger partial charge in [0.2, 0.25) is 5.91 Å². The first-order chi connectivity index (χ1) is 8.49. The van der Waals surface area contributed by atoms with Crippen LogP contribution >= 0.6 is 11.6 Å². The summed E-state index contributed by atoms with van der Waals surface area (Å²) in [6.45, 7) is 6.57. The van der Waals surface area contributed by atoms with Gasteiger partial charge in [-0.2, -0.15) is 0 Å². The predicted octanol–water partition coefficient (Wildman–Crippen LogP) is 2.85. The molecule has 4 nitrogen and oxygen atoms in total. The molecule has 0 bridgehead atoms. The Kier molecular flexibility index (Phi) is 3.57. The van der Waals surface area contributed by atoms with Gasteiger partial charge < -0.3 is 10.2 Å². The van der Waals surface area contributed by atoms with Crippen LogP contribution in [0.1, 0.15) is 20.8 Å². The van der Waals surface area contributed by atoms with E-state index in [0.717, 1.165) is 5.82 Å². The second kappa shape index (κ2) is 4.98. The van der Waals surface area contributed by atoms with Gasteiger partial charge in [0.1, 0.15) is 11.2 Å². The minimum Gasteiger partial charge on any atom is -0.339 e. The van der Waals surface area contributed by atoms with Gasteiger partial charge in [0.05, 0.1) is 5.69 Å². The largest absolute Gasteiger partial charge is 0.339 e. The summed E-state index contributed by atoms with van der Waals surface area (Å²) in [5.74, 6) is 0.709. The van der Waals surface area contributed by atoms with Gasteiger partial charge in [-0.05, 0) is 32.9 Å². The molecule has 0 saturated heterocycles. The second-order valence-electron chi connectivity index (χ2n) is 4.60. The highest BCUT2D eigenvalue weighted by molar-refractivity contribution is 6.29. The van der Waals surface area contributed by atoms with Crippen LogP contribution in [-0.2, 0) is 4.79 Å². The Bertz CT molecular complexity index is 509. The van der Waals surface area contributed by atoms with E-state index in [2.05, 4.69) is 16.4 Å². The van der Waals surface area contributed by atoms with Gasteiger partial charge >= 0.3 is 0 Å². The molecule has 0 saturated carbocycles. The molecule has 0 fully saturated rings. The molecule has 0 aromatic carbocycles. The monoisotopic (exact) mass is 265 g/mol. The highest BCUT2D eigenvalue weighted by atomic mass is 35.5. The maximum Gasteiger partial charge on any atom is 0.246 e. The molecule has 5 heteroatoms. The van der Waals surface area contributed by atoms with Crippen LogP contribution in [0.3, 0.4) is 0 Å². The van der Waals surface area contributed by atoms with Crippen molar-refractivity contribution in [1.29, 1.82) is 0 Å². The van der Waals surface area contributed by atoms with E-state index in [1.54, 1.807) is 12.1 Å². The van der Waals surface area contributed by atoms with Crippen LogP contribution in [0.5, 0.6) is 0 Å². The Morgan fingerprint density at radius 3 is 2.94 bits per heavy atom. The molecule has 0 spiro atoms. The van der Waals surface area contributed by atoms with Crippen molar-refractivity contribution in [2.45, 2.75) is 26.8 Å². The number of hydrogen-bond donors (Lipinski definition) is 1. The number of amides is 1. The number of aromatic nitrogens is 1. The molecule has 1 aliphatic heterocycles. The van der Waals surface area contributed by atoms with Crippen molar-refractivity contribution < 1.29 is 4.79 Å². The van der Waals surface area contributed by atoms with Gasteiger partial charge in [-0.1, -0.05) is 23.3 Å². The fraction of sp³-hybridized carbons (Fsp3) is 0.385. The fourth-order valence-electron chi connectivity index (χ4n) is 1.83. The summed E-state index contributed by atoms with van der Waals surface area (Å²) in [6, 6.07) is 3.21. The van der Waals surface area contributed by atoms with Crippen molar-refractivity contribution in [3.8, 4) is 0 Å². The van der Waals surface area contributed by atoms with Crippen molar-refractivity contribution in [3.63, 3.8) is 0 Å². The zero-order valence-corrected chi connectivity index (χ0v) is 11.5. The van der Waals surface area contributed by atoms with E-state index in [1.165, 1.54) is 5.57 Å². The lowest BCUT2D eigenvalue weighted by molar-refractivity contribution is -0.117. The number of anilines is 2. The van der Waals surface area contributed by atoms with E-state index < -0.39 is 0 Å². The van der Waals surface area contributed by atoms with E-state index in [1.807, 2.05) is 25.7 Å². The van der Waals surface area contributed by atoms with E-state index in [-0.39, 0.29) is 11.9 Å². The molecule has 0 unspecified atom stereocenters. The predicted molar refractivity (Wildman–Crippen MR) is 74.1 cm³/mol. The maximum absolute atomic E-state index is 11.9. The summed E-state index contributed by atoms with van der Waals surface area (Å²) < 4.78 is 0. The summed E-state index contributed by atoms with van der Waals surface area (Å²) in [7, 11) is 0. The number of rotatable bonds is 2. The third-order valence-corrected chi connectivity index (χ3v) is 3.12. The number of fused-ring (bicyclic) bond motifs is 1.